The molecule has 1 N–H and O–H groups in total. The van der Waals surface area contributed by atoms with Gasteiger partial charge in [0.1, 0.15) is 0 Å². The molecule has 23 heavy (non-hydrogen) atoms. The number of carbonyl (C=O) groups is 2. The van der Waals surface area contributed by atoms with Crippen LogP contribution in [0.25, 0.3) is 0 Å². The monoisotopic (exact) mass is 381 g/mol. The average molecular weight is 382 g/mol. The molecular formula is C18H24BrNO3. The van der Waals surface area contributed by atoms with Crippen molar-refractivity contribution in [2.24, 2.45) is 11.8 Å². The molecule has 0 aliphatic heterocycles. The molecule has 0 aromatic heterocycles. The molecule has 0 radical (unpaired) electrons. The van der Waals surface area contributed by atoms with Crippen LogP contribution in [0.4, 0.5) is 0 Å². The molecule has 1 aromatic carbocycles. The van der Waals surface area contributed by atoms with Crippen molar-refractivity contribution >= 4 is 27.8 Å². The Labute approximate surface area is 146 Å². The normalized spacial score (nSPS) is 24.0. The number of hydrogen-bond acceptors (Lipinski definition) is 3. The number of nitrogens with one attached hydrogen (secondary N) is 1. The van der Waals surface area contributed by atoms with Crippen LogP contribution in [0.5, 0.6) is 0 Å². The smallest absolute Gasteiger partial charge is 0.310 e. The van der Waals surface area contributed by atoms with Crippen molar-refractivity contribution in [2.45, 2.75) is 45.6 Å². The van der Waals surface area contributed by atoms with E-state index in [4.69, 9.17) is 4.74 Å². The molecule has 5 heteroatoms. The van der Waals surface area contributed by atoms with Crippen LogP contribution < -0.4 is 5.32 Å². The van der Waals surface area contributed by atoms with E-state index in [0.717, 1.165) is 22.9 Å². The lowest BCUT2D eigenvalue weighted by Crippen LogP contribution is -2.45. The summed E-state index contributed by atoms with van der Waals surface area (Å²) in [4.78, 5) is 23.8. The number of esters is 1. The molecule has 2 rings (SSSR count). The van der Waals surface area contributed by atoms with Crippen LogP contribution in [-0.4, -0.2) is 24.5 Å². The Morgan fingerprint density at radius 1 is 1.22 bits per heavy atom. The molecule has 126 valence electrons. The van der Waals surface area contributed by atoms with Gasteiger partial charge >= 0.3 is 5.97 Å². The Kier molecular flexibility index (Phi) is 6.63. The molecule has 1 fully saturated rings. The second-order valence-electron chi connectivity index (χ2n) is 6.41. The van der Waals surface area contributed by atoms with Crippen molar-refractivity contribution in [1.29, 1.82) is 0 Å². The summed E-state index contributed by atoms with van der Waals surface area (Å²) in [7, 11) is 0. The van der Waals surface area contributed by atoms with Gasteiger partial charge in [-0.15, -0.1) is 0 Å². The summed E-state index contributed by atoms with van der Waals surface area (Å²) in [5, 5.41) is 3.00. The van der Waals surface area contributed by atoms with Crippen molar-refractivity contribution in [3.05, 3.63) is 34.3 Å². The molecule has 0 spiro atoms. The Hall–Kier alpha value is -1.36. The summed E-state index contributed by atoms with van der Waals surface area (Å²) >= 11 is 3.35. The van der Waals surface area contributed by atoms with Gasteiger partial charge in [0.2, 0.25) is 0 Å². The van der Waals surface area contributed by atoms with Crippen LogP contribution in [-0.2, 0) is 20.7 Å². The van der Waals surface area contributed by atoms with Crippen LogP contribution in [0.2, 0.25) is 0 Å². The Morgan fingerprint density at radius 2 is 1.91 bits per heavy atom. The predicted molar refractivity (Wildman–Crippen MR) is 92.9 cm³/mol. The maximum atomic E-state index is 12.0. The second kappa shape index (κ2) is 8.48. The third-order valence-corrected chi connectivity index (χ3v) is 5.21. The van der Waals surface area contributed by atoms with Gasteiger partial charge in [0.15, 0.2) is 6.61 Å². The fourth-order valence-corrected chi connectivity index (χ4v) is 3.26. The van der Waals surface area contributed by atoms with E-state index in [2.05, 4.69) is 35.1 Å². The zero-order valence-corrected chi connectivity index (χ0v) is 15.3. The summed E-state index contributed by atoms with van der Waals surface area (Å²) in [6, 6.07) is 7.66. The first-order valence-electron chi connectivity index (χ1n) is 8.15. The lowest BCUT2D eigenvalue weighted by molar-refractivity contribution is -0.148. The molecule has 0 bridgehead atoms. The highest BCUT2D eigenvalue weighted by molar-refractivity contribution is 9.10. The first-order valence-corrected chi connectivity index (χ1v) is 8.94. The van der Waals surface area contributed by atoms with Crippen molar-refractivity contribution < 1.29 is 14.3 Å². The molecule has 1 aliphatic carbocycles. The Morgan fingerprint density at radius 3 is 2.61 bits per heavy atom. The van der Waals surface area contributed by atoms with Crippen LogP contribution in [0, 0.1) is 11.8 Å². The van der Waals surface area contributed by atoms with E-state index in [1.54, 1.807) is 0 Å². The van der Waals surface area contributed by atoms with E-state index in [1.165, 1.54) is 6.42 Å². The number of rotatable bonds is 5. The SMILES string of the molecule is C[C@@H]1[C@H](C)CCC[C@@H]1NC(=O)COC(=O)Cc1ccc(Br)cc1. The fraction of sp³-hybridized carbons (Fsp3) is 0.556. The third kappa shape index (κ3) is 5.65. The first-order chi connectivity index (χ1) is 11.0. The van der Waals surface area contributed by atoms with Gasteiger partial charge in [-0.3, -0.25) is 9.59 Å². The van der Waals surface area contributed by atoms with Crippen LogP contribution >= 0.6 is 15.9 Å². The largest absolute Gasteiger partial charge is 0.455 e. The third-order valence-electron chi connectivity index (χ3n) is 4.68. The van der Waals surface area contributed by atoms with E-state index < -0.39 is 0 Å². The maximum Gasteiger partial charge on any atom is 0.310 e. The molecule has 1 amide bonds. The minimum absolute atomic E-state index is 0.178. The van der Waals surface area contributed by atoms with Gasteiger partial charge in [-0.25, -0.2) is 0 Å². The van der Waals surface area contributed by atoms with E-state index >= 15 is 0 Å². The van der Waals surface area contributed by atoms with E-state index in [1.807, 2.05) is 24.3 Å². The molecular weight excluding hydrogens is 358 g/mol. The van der Waals surface area contributed by atoms with E-state index in [0.29, 0.717) is 11.8 Å². The van der Waals surface area contributed by atoms with Gasteiger partial charge in [-0.05, 0) is 36.0 Å². The van der Waals surface area contributed by atoms with E-state index in [-0.39, 0.29) is 30.9 Å². The number of halogens is 1. The highest BCUT2D eigenvalue weighted by Gasteiger charge is 2.28. The molecule has 0 heterocycles. The lowest BCUT2D eigenvalue weighted by Gasteiger charge is -2.34. The predicted octanol–water partition coefficient (Wildman–Crippen LogP) is 3.48. The zero-order chi connectivity index (χ0) is 16.8. The summed E-state index contributed by atoms with van der Waals surface area (Å²) in [5.74, 6) is 0.493. The lowest BCUT2D eigenvalue weighted by atomic mass is 9.78. The summed E-state index contributed by atoms with van der Waals surface area (Å²) in [6.07, 6.45) is 3.54. The molecule has 3 atom stereocenters. The molecule has 1 aliphatic rings. The van der Waals surface area contributed by atoms with E-state index in [9.17, 15) is 9.59 Å². The van der Waals surface area contributed by atoms with Gasteiger partial charge < -0.3 is 10.1 Å². The first kappa shape index (κ1) is 18.0. The topological polar surface area (TPSA) is 55.4 Å². The fourth-order valence-electron chi connectivity index (χ4n) is 3.00. The van der Waals surface area contributed by atoms with Crippen molar-refractivity contribution in [1.82, 2.24) is 5.32 Å². The minimum Gasteiger partial charge on any atom is -0.455 e. The molecule has 0 unspecified atom stereocenters. The second-order valence-corrected chi connectivity index (χ2v) is 7.32. The zero-order valence-electron chi connectivity index (χ0n) is 13.7. The van der Waals surface area contributed by atoms with Crippen LogP contribution in [0.15, 0.2) is 28.7 Å². The maximum absolute atomic E-state index is 12.0. The molecule has 1 aromatic rings. The van der Waals surface area contributed by atoms with Crippen LogP contribution in [0.3, 0.4) is 0 Å². The number of benzene rings is 1. The number of hydrogen-bond donors (Lipinski definition) is 1. The number of ether oxygens (including phenoxy) is 1. The van der Waals surface area contributed by atoms with Gasteiger partial charge in [-0.2, -0.15) is 0 Å². The summed E-state index contributed by atoms with van der Waals surface area (Å²) < 4.78 is 6.04. The highest BCUT2D eigenvalue weighted by Crippen LogP contribution is 2.29. The van der Waals surface area contributed by atoms with Gasteiger partial charge in [0.05, 0.1) is 6.42 Å². The molecule has 1 saturated carbocycles. The van der Waals surface area contributed by atoms with Gasteiger partial charge in [-0.1, -0.05) is 54.8 Å². The van der Waals surface area contributed by atoms with Gasteiger partial charge in [0, 0.05) is 10.5 Å². The minimum atomic E-state index is -0.382. The standard InChI is InChI=1S/C18H24BrNO3/c1-12-4-3-5-16(13(12)2)20-17(21)11-23-18(22)10-14-6-8-15(19)9-7-14/h6-9,12-13,16H,3-5,10-11H2,1-2H3,(H,20,21)/t12-,13-,16+/m1/s1. The Balaban J connectivity index is 1.73. The Bertz CT molecular complexity index is 544. The van der Waals surface area contributed by atoms with Crippen molar-refractivity contribution in [2.75, 3.05) is 6.61 Å². The molecule has 4 nitrogen and oxygen atoms in total. The highest BCUT2D eigenvalue weighted by atomic mass is 79.9. The average Bonchev–Trinajstić information content (AvgIpc) is 2.52. The molecule has 0 saturated heterocycles. The van der Waals surface area contributed by atoms with Crippen LogP contribution in [0.1, 0.15) is 38.7 Å². The van der Waals surface area contributed by atoms with Crippen molar-refractivity contribution in [3.8, 4) is 0 Å². The van der Waals surface area contributed by atoms with Crippen molar-refractivity contribution in [3.63, 3.8) is 0 Å². The number of carbonyl (C=O) groups excluding carboxylic acids is 2. The quantitative estimate of drug-likeness (QED) is 0.794. The summed E-state index contributed by atoms with van der Waals surface area (Å²) in [6.45, 7) is 4.20. The van der Waals surface area contributed by atoms with Gasteiger partial charge in [0.25, 0.3) is 5.91 Å². The summed E-state index contributed by atoms with van der Waals surface area (Å²) in [5.41, 5.74) is 0.869. The number of amides is 1.